The van der Waals surface area contributed by atoms with Crippen LogP contribution in [-0.4, -0.2) is 49.1 Å². The number of aliphatic hydroxyl groups is 1. The number of hydrogen-bond acceptors (Lipinski definition) is 3. The second-order valence-corrected chi connectivity index (χ2v) is 5.90. The number of fused-ring (bicyclic) bond motifs is 1. The minimum absolute atomic E-state index is 0.0696. The predicted octanol–water partition coefficient (Wildman–Crippen LogP) is 2.05. The average Bonchev–Trinajstić information content (AvgIpc) is 2.95. The topological polar surface area (TPSA) is 64.6 Å². The van der Waals surface area contributed by atoms with E-state index in [4.69, 9.17) is 5.11 Å². The first-order valence-corrected chi connectivity index (χ1v) is 7.90. The summed E-state index contributed by atoms with van der Waals surface area (Å²) in [4.78, 5) is 13.8. The molecule has 0 bridgehead atoms. The summed E-state index contributed by atoms with van der Waals surface area (Å²) in [5.74, 6) is 0. The maximum atomic E-state index is 12.1. The van der Waals surface area contributed by atoms with Crippen LogP contribution in [0.25, 0.3) is 0 Å². The Labute approximate surface area is 138 Å². The monoisotopic (exact) mass is 345 g/mol. The van der Waals surface area contributed by atoms with Gasteiger partial charge < -0.3 is 20.6 Å². The number of urea groups is 1. The summed E-state index contributed by atoms with van der Waals surface area (Å²) < 4.78 is 36.4. The highest BCUT2D eigenvalue weighted by atomic mass is 19.4. The van der Waals surface area contributed by atoms with Crippen LogP contribution in [-0.2, 0) is 6.42 Å². The van der Waals surface area contributed by atoms with Gasteiger partial charge in [-0.15, -0.1) is 0 Å². The second-order valence-electron chi connectivity index (χ2n) is 5.90. The Hall–Kier alpha value is -1.96. The van der Waals surface area contributed by atoms with Crippen molar-refractivity contribution in [3.8, 4) is 0 Å². The fourth-order valence-electron chi connectivity index (χ4n) is 2.72. The number of rotatable bonds is 6. The molecule has 0 spiro atoms. The maximum Gasteiger partial charge on any atom is 0.414 e. The van der Waals surface area contributed by atoms with Gasteiger partial charge in [0.1, 0.15) is 0 Å². The van der Waals surface area contributed by atoms with Gasteiger partial charge in [0.25, 0.3) is 0 Å². The first kappa shape index (κ1) is 18.4. The molecule has 1 aliphatic rings. The van der Waals surface area contributed by atoms with Crippen molar-refractivity contribution < 1.29 is 23.1 Å². The number of benzene rings is 1. The number of carbonyl (C=O) groups excluding carboxylic acids is 1. The molecule has 24 heavy (non-hydrogen) atoms. The molecule has 1 heterocycles. The summed E-state index contributed by atoms with van der Waals surface area (Å²) in [7, 11) is 0. The van der Waals surface area contributed by atoms with Crippen molar-refractivity contribution in [2.45, 2.75) is 38.1 Å². The number of carbonyl (C=O) groups is 1. The second kappa shape index (κ2) is 7.74. The Kier molecular flexibility index (Phi) is 5.93. The molecule has 2 rings (SSSR count). The van der Waals surface area contributed by atoms with Gasteiger partial charge in [0.2, 0.25) is 0 Å². The van der Waals surface area contributed by atoms with Crippen LogP contribution in [0, 0.1) is 0 Å². The smallest absolute Gasteiger partial charge is 0.384 e. The van der Waals surface area contributed by atoms with E-state index in [0.29, 0.717) is 6.54 Å². The number of nitrogens with one attached hydrogen (secondary N) is 2. The number of alkyl halides is 3. The van der Waals surface area contributed by atoms with Crippen LogP contribution in [0.3, 0.4) is 0 Å². The standard InChI is InChI=1S/C16H22F3N3O2/c1-11(22-9-7-12-4-2-3-5-13(12)22)10-21-15(24)20-8-6-14(23)16(17,18)19/h2-5,11,14,23H,6-10H2,1H3,(H2,20,21,24)/t11-,14-/m0/s1. The average molecular weight is 345 g/mol. The lowest BCUT2D eigenvalue weighted by Crippen LogP contribution is -2.45. The van der Waals surface area contributed by atoms with Gasteiger partial charge in [-0.25, -0.2) is 4.79 Å². The third-order valence-electron chi connectivity index (χ3n) is 4.09. The van der Waals surface area contributed by atoms with Crippen LogP contribution < -0.4 is 15.5 Å². The predicted molar refractivity (Wildman–Crippen MR) is 85.0 cm³/mol. The van der Waals surface area contributed by atoms with Gasteiger partial charge in [0.05, 0.1) is 0 Å². The largest absolute Gasteiger partial charge is 0.414 e. The maximum absolute atomic E-state index is 12.1. The van der Waals surface area contributed by atoms with E-state index in [1.807, 2.05) is 25.1 Å². The van der Waals surface area contributed by atoms with Crippen molar-refractivity contribution in [3.63, 3.8) is 0 Å². The number of aliphatic hydroxyl groups excluding tert-OH is 1. The first-order chi connectivity index (χ1) is 11.3. The van der Waals surface area contributed by atoms with Crippen LogP contribution in [0.2, 0.25) is 0 Å². The zero-order chi connectivity index (χ0) is 17.7. The molecule has 2 atom stereocenters. The Bertz CT molecular complexity index is 566. The highest BCUT2D eigenvalue weighted by molar-refractivity contribution is 5.74. The Morgan fingerprint density at radius 3 is 2.75 bits per heavy atom. The van der Waals surface area contributed by atoms with E-state index in [0.717, 1.165) is 18.7 Å². The van der Waals surface area contributed by atoms with E-state index in [1.165, 1.54) is 5.56 Å². The summed E-state index contributed by atoms with van der Waals surface area (Å²) in [6, 6.07) is 7.61. The summed E-state index contributed by atoms with van der Waals surface area (Å²) in [6.07, 6.45) is -6.68. The van der Waals surface area contributed by atoms with E-state index in [9.17, 15) is 18.0 Å². The third-order valence-corrected chi connectivity index (χ3v) is 4.09. The van der Waals surface area contributed by atoms with Crippen molar-refractivity contribution >= 4 is 11.7 Å². The fraction of sp³-hybridized carbons (Fsp3) is 0.562. The van der Waals surface area contributed by atoms with Crippen LogP contribution in [0.5, 0.6) is 0 Å². The third kappa shape index (κ3) is 4.77. The van der Waals surface area contributed by atoms with Crippen LogP contribution in [0.1, 0.15) is 18.9 Å². The summed E-state index contributed by atoms with van der Waals surface area (Å²) in [5.41, 5.74) is 2.43. The molecule has 0 saturated heterocycles. The first-order valence-electron chi connectivity index (χ1n) is 7.90. The molecule has 0 aromatic heterocycles. The van der Waals surface area contributed by atoms with Crippen LogP contribution in [0.4, 0.5) is 23.7 Å². The molecule has 134 valence electrons. The quantitative estimate of drug-likeness (QED) is 0.739. The zero-order valence-electron chi connectivity index (χ0n) is 13.4. The number of para-hydroxylation sites is 1. The van der Waals surface area contributed by atoms with E-state index in [2.05, 4.69) is 21.6 Å². The number of hydrogen-bond donors (Lipinski definition) is 3. The molecular weight excluding hydrogens is 323 g/mol. The van der Waals surface area contributed by atoms with Gasteiger partial charge in [-0.1, -0.05) is 18.2 Å². The molecule has 0 unspecified atom stereocenters. The molecule has 1 aromatic rings. The molecule has 0 aliphatic carbocycles. The van der Waals surface area contributed by atoms with Gasteiger partial charge in [-0.2, -0.15) is 13.2 Å². The lowest BCUT2D eigenvalue weighted by atomic mass is 10.2. The highest BCUT2D eigenvalue weighted by Crippen LogP contribution is 2.28. The fourth-order valence-corrected chi connectivity index (χ4v) is 2.72. The molecule has 5 nitrogen and oxygen atoms in total. The van der Waals surface area contributed by atoms with Gasteiger partial charge in [-0.3, -0.25) is 0 Å². The Balaban J connectivity index is 1.71. The zero-order valence-corrected chi connectivity index (χ0v) is 13.4. The normalized spacial score (nSPS) is 16.5. The van der Waals surface area contributed by atoms with Crippen molar-refractivity contribution in [1.29, 1.82) is 0 Å². The van der Waals surface area contributed by atoms with Gasteiger partial charge in [-0.05, 0) is 31.4 Å². The van der Waals surface area contributed by atoms with E-state index in [1.54, 1.807) is 0 Å². The number of anilines is 1. The summed E-state index contributed by atoms with van der Waals surface area (Å²) >= 11 is 0. The molecule has 2 amide bonds. The molecule has 0 saturated carbocycles. The number of amides is 2. The number of nitrogens with zero attached hydrogens (tertiary/aromatic N) is 1. The number of halogens is 3. The molecule has 0 fully saturated rings. The summed E-state index contributed by atoms with van der Waals surface area (Å²) in [5, 5.41) is 13.8. The van der Waals surface area contributed by atoms with Crippen molar-refractivity contribution in [1.82, 2.24) is 10.6 Å². The minimum atomic E-state index is -4.66. The Morgan fingerprint density at radius 2 is 2.04 bits per heavy atom. The van der Waals surface area contributed by atoms with Gasteiger partial charge >= 0.3 is 12.2 Å². The summed E-state index contributed by atoms with van der Waals surface area (Å²) in [6.45, 7) is 2.99. The minimum Gasteiger partial charge on any atom is -0.384 e. The van der Waals surface area contributed by atoms with Crippen molar-refractivity contribution in [3.05, 3.63) is 29.8 Å². The molecule has 3 N–H and O–H groups in total. The van der Waals surface area contributed by atoms with Crippen molar-refractivity contribution in [2.75, 3.05) is 24.5 Å². The molecule has 1 aromatic carbocycles. The van der Waals surface area contributed by atoms with E-state index in [-0.39, 0.29) is 12.6 Å². The van der Waals surface area contributed by atoms with E-state index >= 15 is 0 Å². The SMILES string of the molecule is C[C@@H](CNC(=O)NCC[C@H](O)C(F)(F)F)N1CCc2ccccc21. The van der Waals surface area contributed by atoms with Crippen molar-refractivity contribution in [2.24, 2.45) is 0 Å². The highest BCUT2D eigenvalue weighted by Gasteiger charge is 2.37. The lowest BCUT2D eigenvalue weighted by Gasteiger charge is -2.27. The van der Waals surface area contributed by atoms with Crippen LogP contribution >= 0.6 is 0 Å². The molecule has 8 heteroatoms. The van der Waals surface area contributed by atoms with E-state index < -0.39 is 24.7 Å². The molecular formula is C16H22F3N3O2. The molecule has 0 radical (unpaired) electrons. The van der Waals surface area contributed by atoms with Crippen LogP contribution in [0.15, 0.2) is 24.3 Å². The Morgan fingerprint density at radius 1 is 1.33 bits per heavy atom. The van der Waals surface area contributed by atoms with Gasteiger partial charge in [0, 0.05) is 31.4 Å². The van der Waals surface area contributed by atoms with Gasteiger partial charge in [0.15, 0.2) is 6.10 Å². The molecule has 1 aliphatic heterocycles. The lowest BCUT2D eigenvalue weighted by molar-refractivity contribution is -0.204.